The first-order chi connectivity index (χ1) is 14.8. The first-order valence-electron chi connectivity index (χ1n) is 10.2. The fraction of sp³-hybridized carbons (Fsp3) is 0.391. The molecule has 1 atom stereocenters. The summed E-state index contributed by atoms with van der Waals surface area (Å²) in [6, 6.07) is 12.6. The van der Waals surface area contributed by atoms with E-state index in [9.17, 15) is 19.7 Å². The number of carbonyl (C=O) groups is 2. The van der Waals surface area contributed by atoms with Crippen molar-refractivity contribution in [2.75, 3.05) is 6.61 Å². The summed E-state index contributed by atoms with van der Waals surface area (Å²) in [6.45, 7) is 5.83. The molecule has 8 heteroatoms. The highest BCUT2D eigenvalue weighted by Gasteiger charge is 2.26. The average molecular weight is 428 g/mol. The SMILES string of the molecule is CCOc1ccccc1CCC(=O)NC(CC(=O)OC(C)C)c1ccccc1[N+](=O)[O-]. The Hall–Kier alpha value is -3.42. The van der Waals surface area contributed by atoms with Crippen molar-refractivity contribution in [3.05, 3.63) is 69.8 Å². The van der Waals surface area contributed by atoms with Crippen LogP contribution in [0, 0.1) is 10.1 Å². The van der Waals surface area contributed by atoms with Gasteiger partial charge in [0, 0.05) is 12.5 Å². The van der Waals surface area contributed by atoms with Gasteiger partial charge in [-0.3, -0.25) is 19.7 Å². The predicted octanol–water partition coefficient (Wildman–Crippen LogP) is 4.13. The quantitative estimate of drug-likeness (QED) is 0.328. The molecule has 0 bridgehead atoms. The Morgan fingerprint density at radius 1 is 1.10 bits per heavy atom. The van der Waals surface area contributed by atoms with Gasteiger partial charge in [-0.15, -0.1) is 0 Å². The Morgan fingerprint density at radius 2 is 1.77 bits per heavy atom. The molecular formula is C23H28N2O6. The van der Waals surface area contributed by atoms with Crippen molar-refractivity contribution >= 4 is 17.6 Å². The van der Waals surface area contributed by atoms with Gasteiger partial charge in [-0.05, 0) is 38.8 Å². The van der Waals surface area contributed by atoms with E-state index < -0.39 is 16.9 Å². The number of esters is 1. The minimum absolute atomic E-state index is 0.139. The highest BCUT2D eigenvalue weighted by atomic mass is 16.6. The summed E-state index contributed by atoms with van der Waals surface area (Å²) in [5.74, 6) is -0.152. The standard InChI is InChI=1S/C23H28N2O6/c1-4-30-21-12-8-5-9-17(21)13-14-22(26)24-19(15-23(27)31-16(2)3)18-10-6-7-11-20(18)25(28)29/h5-12,16,19H,4,13-15H2,1-3H3,(H,24,26). The van der Waals surface area contributed by atoms with Gasteiger partial charge >= 0.3 is 5.97 Å². The molecule has 0 radical (unpaired) electrons. The molecule has 1 unspecified atom stereocenters. The molecule has 0 heterocycles. The van der Waals surface area contributed by atoms with Crippen LogP contribution in [0.2, 0.25) is 0 Å². The number of benzene rings is 2. The van der Waals surface area contributed by atoms with Crippen LogP contribution in [-0.2, 0) is 20.7 Å². The summed E-state index contributed by atoms with van der Waals surface area (Å²) in [4.78, 5) is 35.8. The van der Waals surface area contributed by atoms with Crippen LogP contribution in [-0.4, -0.2) is 29.5 Å². The lowest BCUT2D eigenvalue weighted by Crippen LogP contribution is -2.31. The summed E-state index contributed by atoms with van der Waals surface area (Å²) in [7, 11) is 0. The van der Waals surface area contributed by atoms with Gasteiger partial charge in [0.15, 0.2) is 0 Å². The van der Waals surface area contributed by atoms with Gasteiger partial charge in [0.2, 0.25) is 5.91 Å². The number of rotatable bonds is 11. The lowest BCUT2D eigenvalue weighted by molar-refractivity contribution is -0.385. The fourth-order valence-corrected chi connectivity index (χ4v) is 3.19. The molecule has 0 fully saturated rings. The van der Waals surface area contributed by atoms with E-state index in [-0.39, 0.29) is 36.1 Å². The summed E-state index contributed by atoms with van der Waals surface area (Å²) in [5, 5.41) is 14.2. The van der Waals surface area contributed by atoms with Gasteiger partial charge in [0.1, 0.15) is 5.75 Å². The molecule has 0 aliphatic heterocycles. The summed E-state index contributed by atoms with van der Waals surface area (Å²) < 4.78 is 10.8. The Labute approximate surface area is 181 Å². The molecule has 0 aliphatic rings. The van der Waals surface area contributed by atoms with Crippen LogP contribution in [0.15, 0.2) is 48.5 Å². The van der Waals surface area contributed by atoms with Crippen LogP contribution in [0.4, 0.5) is 5.69 Å². The second kappa shape index (κ2) is 11.7. The maximum absolute atomic E-state index is 12.7. The van der Waals surface area contributed by atoms with E-state index in [1.165, 1.54) is 18.2 Å². The summed E-state index contributed by atoms with van der Waals surface area (Å²) >= 11 is 0. The van der Waals surface area contributed by atoms with Gasteiger partial charge < -0.3 is 14.8 Å². The number of nitrogens with zero attached hydrogens (tertiary/aromatic N) is 1. The maximum atomic E-state index is 12.7. The molecule has 31 heavy (non-hydrogen) atoms. The third kappa shape index (κ3) is 7.40. The Balaban J connectivity index is 2.16. The number of carbonyl (C=O) groups excluding carboxylic acids is 2. The molecule has 0 saturated carbocycles. The summed E-state index contributed by atoms with van der Waals surface area (Å²) in [5.41, 5.74) is 0.990. The van der Waals surface area contributed by atoms with Crippen molar-refractivity contribution in [2.45, 2.75) is 52.2 Å². The zero-order chi connectivity index (χ0) is 22.8. The number of hydrogen-bond donors (Lipinski definition) is 1. The van der Waals surface area contributed by atoms with E-state index in [2.05, 4.69) is 5.32 Å². The molecule has 0 aliphatic carbocycles. The minimum atomic E-state index is -0.873. The molecule has 166 valence electrons. The maximum Gasteiger partial charge on any atom is 0.308 e. The highest BCUT2D eigenvalue weighted by Crippen LogP contribution is 2.28. The smallest absolute Gasteiger partial charge is 0.308 e. The number of nitro benzene ring substituents is 1. The number of amides is 1. The zero-order valence-corrected chi connectivity index (χ0v) is 18.0. The number of ether oxygens (including phenoxy) is 2. The Morgan fingerprint density at radius 3 is 2.45 bits per heavy atom. The second-order valence-electron chi connectivity index (χ2n) is 7.22. The number of nitrogens with one attached hydrogen (secondary N) is 1. The van der Waals surface area contributed by atoms with Crippen molar-refractivity contribution in [3.63, 3.8) is 0 Å². The number of para-hydroxylation sites is 2. The van der Waals surface area contributed by atoms with Gasteiger partial charge in [-0.2, -0.15) is 0 Å². The number of aryl methyl sites for hydroxylation is 1. The van der Waals surface area contributed by atoms with Crippen LogP contribution in [0.3, 0.4) is 0 Å². The van der Waals surface area contributed by atoms with E-state index in [0.717, 1.165) is 5.56 Å². The van der Waals surface area contributed by atoms with Crippen molar-refractivity contribution in [3.8, 4) is 5.75 Å². The van der Waals surface area contributed by atoms with Crippen molar-refractivity contribution in [2.24, 2.45) is 0 Å². The van der Waals surface area contributed by atoms with E-state index in [0.29, 0.717) is 18.8 Å². The van der Waals surface area contributed by atoms with Gasteiger partial charge in [0.05, 0.1) is 35.7 Å². The van der Waals surface area contributed by atoms with Crippen molar-refractivity contribution in [1.29, 1.82) is 0 Å². The molecule has 0 spiro atoms. The molecule has 8 nitrogen and oxygen atoms in total. The average Bonchev–Trinajstić information content (AvgIpc) is 2.72. The lowest BCUT2D eigenvalue weighted by Gasteiger charge is -2.19. The van der Waals surface area contributed by atoms with Crippen LogP contribution < -0.4 is 10.1 Å². The van der Waals surface area contributed by atoms with Crippen molar-refractivity contribution < 1.29 is 24.0 Å². The largest absolute Gasteiger partial charge is 0.494 e. The molecule has 2 rings (SSSR count). The van der Waals surface area contributed by atoms with E-state index in [1.807, 2.05) is 31.2 Å². The van der Waals surface area contributed by atoms with Crippen LogP contribution in [0.5, 0.6) is 5.75 Å². The monoisotopic (exact) mass is 428 g/mol. The molecular weight excluding hydrogens is 400 g/mol. The Kier molecular flexibility index (Phi) is 8.99. The molecule has 2 aromatic carbocycles. The Bertz CT molecular complexity index is 912. The third-order valence-electron chi connectivity index (χ3n) is 4.48. The van der Waals surface area contributed by atoms with Crippen LogP contribution in [0.1, 0.15) is 50.8 Å². The molecule has 1 amide bonds. The van der Waals surface area contributed by atoms with Gasteiger partial charge in [-0.1, -0.05) is 36.4 Å². The summed E-state index contributed by atoms with van der Waals surface area (Å²) in [6.07, 6.45) is 0.0389. The zero-order valence-electron chi connectivity index (χ0n) is 18.0. The normalized spacial score (nSPS) is 11.6. The van der Waals surface area contributed by atoms with Crippen molar-refractivity contribution in [1.82, 2.24) is 5.32 Å². The first-order valence-corrected chi connectivity index (χ1v) is 10.2. The molecule has 2 aromatic rings. The lowest BCUT2D eigenvalue weighted by atomic mass is 10.0. The molecule has 1 N–H and O–H groups in total. The predicted molar refractivity (Wildman–Crippen MR) is 116 cm³/mol. The first kappa shape index (κ1) is 23.9. The minimum Gasteiger partial charge on any atom is -0.494 e. The van der Waals surface area contributed by atoms with Gasteiger partial charge in [0.25, 0.3) is 5.69 Å². The van der Waals surface area contributed by atoms with Crippen LogP contribution >= 0.6 is 0 Å². The third-order valence-corrected chi connectivity index (χ3v) is 4.48. The second-order valence-corrected chi connectivity index (χ2v) is 7.22. The van der Waals surface area contributed by atoms with Crippen LogP contribution in [0.25, 0.3) is 0 Å². The fourth-order valence-electron chi connectivity index (χ4n) is 3.19. The van der Waals surface area contributed by atoms with E-state index in [1.54, 1.807) is 19.9 Å². The topological polar surface area (TPSA) is 108 Å². The molecule has 0 aromatic heterocycles. The van der Waals surface area contributed by atoms with Gasteiger partial charge in [-0.25, -0.2) is 0 Å². The number of nitro groups is 1. The van der Waals surface area contributed by atoms with E-state index in [4.69, 9.17) is 9.47 Å². The highest BCUT2D eigenvalue weighted by molar-refractivity contribution is 5.79. The number of hydrogen-bond acceptors (Lipinski definition) is 6. The molecule has 0 saturated heterocycles. The van der Waals surface area contributed by atoms with E-state index >= 15 is 0 Å².